The lowest BCUT2D eigenvalue weighted by Crippen LogP contribution is -2.58. The number of ether oxygens (including phenoxy) is 1. The number of benzene rings is 4. The molecule has 0 saturated carbocycles. The van der Waals surface area contributed by atoms with Crippen molar-refractivity contribution in [2.75, 3.05) is 44.2 Å². The molecule has 10 heteroatoms. The van der Waals surface area contributed by atoms with E-state index in [4.69, 9.17) is 4.74 Å². The quantitative estimate of drug-likeness (QED) is 0.0751. The maximum absolute atomic E-state index is 12.8. The Balaban J connectivity index is 0.880. The van der Waals surface area contributed by atoms with Crippen molar-refractivity contribution in [2.45, 2.75) is 50.7 Å². The number of nitrogens with one attached hydrogen (secondary N) is 2. The number of piperidine rings is 3. The molecule has 0 spiro atoms. The number of aromatic hydroxyl groups is 1. The van der Waals surface area contributed by atoms with Gasteiger partial charge in [0.1, 0.15) is 11.5 Å². The minimum Gasteiger partial charge on any atom is -0.506 e. The van der Waals surface area contributed by atoms with Crippen molar-refractivity contribution < 1.29 is 24.9 Å². The van der Waals surface area contributed by atoms with E-state index >= 15 is 0 Å². The number of aliphatic hydroxyl groups excluding tert-OH is 1. The second-order valence-corrected chi connectivity index (χ2v) is 14.3. The van der Waals surface area contributed by atoms with Gasteiger partial charge < -0.3 is 35.3 Å². The second-order valence-electron chi connectivity index (χ2n) is 14.3. The van der Waals surface area contributed by atoms with Gasteiger partial charge >= 0.3 is 6.09 Å². The van der Waals surface area contributed by atoms with Gasteiger partial charge in [-0.05, 0) is 123 Å². The van der Waals surface area contributed by atoms with Crippen LogP contribution in [-0.2, 0) is 12.8 Å². The van der Waals surface area contributed by atoms with Crippen LogP contribution < -0.4 is 20.5 Å². The maximum Gasteiger partial charge on any atom is 0.412 e. The average molecular weight is 717 g/mol. The molecule has 3 aliphatic heterocycles. The van der Waals surface area contributed by atoms with Gasteiger partial charge in [-0.25, -0.2) is 4.79 Å². The van der Waals surface area contributed by atoms with Gasteiger partial charge in [-0.2, -0.15) is 0 Å². The third-order valence-electron chi connectivity index (χ3n) is 10.8. The number of aromatic nitrogens is 1. The summed E-state index contributed by atoms with van der Waals surface area (Å²) in [6.45, 7) is 4.53. The Bertz CT molecular complexity index is 2060. The molecule has 2 bridgehead atoms. The molecule has 276 valence electrons. The highest BCUT2D eigenvalue weighted by atomic mass is 16.5. The fourth-order valence-electron chi connectivity index (χ4n) is 7.95. The summed E-state index contributed by atoms with van der Waals surface area (Å²) in [4.78, 5) is 31.1. The van der Waals surface area contributed by atoms with Crippen LogP contribution in [0, 0.1) is 5.92 Å². The Morgan fingerprint density at radius 1 is 0.925 bits per heavy atom. The van der Waals surface area contributed by atoms with E-state index in [9.17, 15) is 24.9 Å². The number of fused-ring (bicyclic) bond motifs is 4. The van der Waals surface area contributed by atoms with Gasteiger partial charge in [0, 0.05) is 30.1 Å². The molecular formula is C43H48N4O6. The number of H-pyrrole nitrogens is 1. The molecule has 2 atom stereocenters. The number of anilines is 1. The van der Waals surface area contributed by atoms with E-state index in [0.717, 1.165) is 86.3 Å². The predicted octanol–water partition coefficient (Wildman–Crippen LogP) is 6.75. The highest BCUT2D eigenvalue weighted by Crippen LogP contribution is 2.39. The number of carbonyl (C=O) groups is 1. The summed E-state index contributed by atoms with van der Waals surface area (Å²) in [6.07, 6.45) is 3.92. The lowest BCUT2D eigenvalue weighted by atomic mass is 9.82. The van der Waals surface area contributed by atoms with Crippen molar-refractivity contribution in [1.29, 1.82) is 0 Å². The highest BCUT2D eigenvalue weighted by molar-refractivity contribution is 5.94. The van der Waals surface area contributed by atoms with Crippen molar-refractivity contribution in [1.82, 2.24) is 15.2 Å². The molecule has 5 N–H and O–H groups in total. The molecule has 8 rings (SSSR count). The number of amides is 1. The molecule has 10 nitrogen and oxygen atoms in total. The fourth-order valence-corrected chi connectivity index (χ4v) is 7.95. The first-order chi connectivity index (χ1) is 25.8. The van der Waals surface area contributed by atoms with E-state index in [1.54, 1.807) is 17.0 Å². The van der Waals surface area contributed by atoms with Crippen molar-refractivity contribution in [3.8, 4) is 22.6 Å². The van der Waals surface area contributed by atoms with E-state index in [2.05, 4.69) is 51.6 Å². The monoisotopic (exact) mass is 716 g/mol. The van der Waals surface area contributed by atoms with Crippen LogP contribution in [0.1, 0.15) is 48.5 Å². The number of hydrogen-bond acceptors (Lipinski definition) is 7. The van der Waals surface area contributed by atoms with Crippen LogP contribution in [0.5, 0.6) is 11.5 Å². The Hall–Kier alpha value is -5.16. The first kappa shape index (κ1) is 36.2. The summed E-state index contributed by atoms with van der Waals surface area (Å²) in [6, 6.07) is 30.6. The summed E-state index contributed by atoms with van der Waals surface area (Å²) in [5.41, 5.74) is 5.76. The fraction of sp³-hybridized carbons (Fsp3) is 0.349. The molecular weight excluding hydrogens is 668 g/mol. The number of unbranched alkanes of at least 4 members (excludes halogenated alkanes) is 1. The number of aromatic amines is 1. The number of aryl methyl sites for hydroxylation is 1. The van der Waals surface area contributed by atoms with E-state index < -0.39 is 12.2 Å². The normalized spacial score (nSPS) is 18.5. The van der Waals surface area contributed by atoms with Crippen LogP contribution in [0.2, 0.25) is 0 Å². The highest BCUT2D eigenvalue weighted by Gasteiger charge is 2.40. The molecule has 3 saturated heterocycles. The largest absolute Gasteiger partial charge is 0.506 e. The topological polar surface area (TPSA) is 138 Å². The molecule has 3 fully saturated rings. The van der Waals surface area contributed by atoms with Crippen molar-refractivity contribution in [3.63, 3.8) is 0 Å². The molecule has 1 unspecified atom stereocenters. The molecule has 1 amide bonds. The zero-order valence-electron chi connectivity index (χ0n) is 29.9. The van der Waals surface area contributed by atoms with Crippen LogP contribution in [0.3, 0.4) is 0 Å². The zero-order chi connectivity index (χ0) is 36.7. The Kier molecular flexibility index (Phi) is 11.4. The molecule has 0 radical (unpaired) electrons. The van der Waals surface area contributed by atoms with Gasteiger partial charge in [-0.1, -0.05) is 54.6 Å². The molecule has 3 aliphatic rings. The minimum absolute atomic E-state index is 0.0281. The lowest BCUT2D eigenvalue weighted by Gasteiger charge is -2.48. The molecule has 53 heavy (non-hydrogen) atoms. The van der Waals surface area contributed by atoms with Gasteiger partial charge in [-0.15, -0.1) is 0 Å². The number of phenolic OH excluding ortho intramolecular Hbond substituents is 1. The number of pyridine rings is 1. The van der Waals surface area contributed by atoms with Crippen molar-refractivity contribution >= 4 is 22.7 Å². The summed E-state index contributed by atoms with van der Waals surface area (Å²) in [5, 5.41) is 35.3. The summed E-state index contributed by atoms with van der Waals surface area (Å²) >= 11 is 0. The zero-order valence-corrected chi connectivity index (χ0v) is 29.9. The number of carboxylic acid groups (broad SMARTS) is 1. The smallest absolute Gasteiger partial charge is 0.412 e. The van der Waals surface area contributed by atoms with E-state index in [1.165, 1.54) is 17.7 Å². The summed E-state index contributed by atoms with van der Waals surface area (Å²) in [5.74, 6) is 1.19. The molecule has 4 aromatic carbocycles. The van der Waals surface area contributed by atoms with Gasteiger partial charge in [0.25, 0.3) is 0 Å². The number of nitrogens with zero attached hydrogens (tertiary/aromatic N) is 2. The first-order valence-electron chi connectivity index (χ1n) is 18.7. The van der Waals surface area contributed by atoms with Crippen LogP contribution in [0.4, 0.5) is 10.5 Å². The molecule has 1 aromatic heterocycles. The first-order valence-corrected chi connectivity index (χ1v) is 18.7. The number of aliphatic hydroxyl groups is 1. The SMILES string of the molecule is O=C(O)N(c1ccc(CCCCOc2ccc(CCNC[C@H](O)c3ccc(O)c4[nH]c(=O)ccc34)cc2)cc1-c1ccccc1)C1CN2CCC1CC2. The summed E-state index contributed by atoms with van der Waals surface area (Å²) in [7, 11) is 0. The van der Waals surface area contributed by atoms with Crippen LogP contribution in [0.25, 0.3) is 22.0 Å². The third-order valence-corrected chi connectivity index (χ3v) is 10.8. The number of phenols is 1. The minimum atomic E-state index is -0.882. The van der Waals surface area contributed by atoms with Gasteiger partial charge in [-0.3, -0.25) is 9.69 Å². The Morgan fingerprint density at radius 2 is 1.70 bits per heavy atom. The lowest BCUT2D eigenvalue weighted by molar-refractivity contribution is 0.0838. The maximum atomic E-state index is 12.8. The van der Waals surface area contributed by atoms with Gasteiger partial charge in [0.15, 0.2) is 0 Å². The van der Waals surface area contributed by atoms with E-state index in [1.807, 2.05) is 36.4 Å². The number of hydrogen-bond donors (Lipinski definition) is 5. The van der Waals surface area contributed by atoms with Crippen LogP contribution in [-0.4, -0.2) is 76.7 Å². The van der Waals surface area contributed by atoms with Crippen LogP contribution >= 0.6 is 0 Å². The summed E-state index contributed by atoms with van der Waals surface area (Å²) < 4.78 is 6.05. The second kappa shape index (κ2) is 16.7. The Labute approximate surface area is 309 Å². The van der Waals surface area contributed by atoms with Crippen LogP contribution in [0.15, 0.2) is 102 Å². The van der Waals surface area contributed by atoms with E-state index in [0.29, 0.717) is 42.1 Å². The van der Waals surface area contributed by atoms with Crippen molar-refractivity contribution in [3.05, 3.63) is 124 Å². The number of rotatable bonds is 15. The van der Waals surface area contributed by atoms with Gasteiger partial charge in [0.2, 0.25) is 5.56 Å². The standard InChI is InChI=1S/C43H48N4O6/c48-39-17-14-34(35-15-18-41(50)45-42(35)39)40(49)27-44-22-19-29-9-12-33(13-10-29)53-25-5-4-6-30-11-16-37(36(26-30)31-7-2-1-3-8-31)47(43(51)52)38-28-46-23-20-32(38)21-24-46/h1-3,7-18,26,32,38,40,44,48-49H,4-6,19-25,27-28H2,(H,45,50)(H,51,52)/t38?,40-/m0/s1. The van der Waals surface area contributed by atoms with Gasteiger partial charge in [0.05, 0.1) is 30.0 Å². The molecule has 5 aromatic rings. The average Bonchev–Trinajstić information content (AvgIpc) is 3.18. The molecule has 0 aliphatic carbocycles. The van der Waals surface area contributed by atoms with Crippen molar-refractivity contribution in [2.24, 2.45) is 5.92 Å². The third kappa shape index (κ3) is 8.57. The Morgan fingerprint density at radius 3 is 2.43 bits per heavy atom. The van der Waals surface area contributed by atoms with E-state index in [-0.39, 0.29) is 17.4 Å². The molecule has 4 heterocycles. The predicted molar refractivity (Wildman–Crippen MR) is 208 cm³/mol.